The SMILES string of the molecule is O/N=C/c1nccn1-c1ccc(F)cc1. The van der Waals surface area contributed by atoms with E-state index >= 15 is 0 Å². The van der Waals surface area contributed by atoms with E-state index in [1.54, 1.807) is 29.1 Å². The first kappa shape index (κ1) is 9.39. The molecule has 0 saturated carbocycles. The Morgan fingerprint density at radius 1 is 1.33 bits per heavy atom. The Morgan fingerprint density at radius 3 is 2.73 bits per heavy atom. The third kappa shape index (κ3) is 1.85. The van der Waals surface area contributed by atoms with Gasteiger partial charge in [-0.3, -0.25) is 4.57 Å². The molecule has 0 aliphatic rings. The fourth-order valence-corrected chi connectivity index (χ4v) is 1.28. The van der Waals surface area contributed by atoms with Gasteiger partial charge in [-0.15, -0.1) is 0 Å². The number of nitrogens with zero attached hydrogens (tertiary/aromatic N) is 3. The molecule has 2 rings (SSSR count). The van der Waals surface area contributed by atoms with Gasteiger partial charge in [0.05, 0.1) is 0 Å². The van der Waals surface area contributed by atoms with Crippen LogP contribution in [0.4, 0.5) is 4.39 Å². The zero-order chi connectivity index (χ0) is 10.7. The van der Waals surface area contributed by atoms with Gasteiger partial charge in [-0.05, 0) is 24.3 Å². The van der Waals surface area contributed by atoms with E-state index in [-0.39, 0.29) is 5.82 Å². The molecule has 1 N–H and O–H groups in total. The second-order valence-corrected chi connectivity index (χ2v) is 2.88. The monoisotopic (exact) mass is 205 g/mol. The van der Waals surface area contributed by atoms with E-state index in [1.165, 1.54) is 18.3 Å². The van der Waals surface area contributed by atoms with Gasteiger partial charge in [0, 0.05) is 18.1 Å². The van der Waals surface area contributed by atoms with Crippen molar-refractivity contribution in [1.82, 2.24) is 9.55 Å². The highest BCUT2D eigenvalue weighted by atomic mass is 19.1. The summed E-state index contributed by atoms with van der Waals surface area (Å²) >= 11 is 0. The summed E-state index contributed by atoms with van der Waals surface area (Å²) in [5.41, 5.74) is 0.754. The standard InChI is InChI=1S/C10H8FN3O/c11-8-1-3-9(4-2-8)14-6-5-12-10(14)7-13-15/h1-7,15H/b13-7+. The Labute approximate surface area is 85.3 Å². The minimum Gasteiger partial charge on any atom is -0.411 e. The predicted molar refractivity (Wildman–Crippen MR) is 52.9 cm³/mol. The van der Waals surface area contributed by atoms with Crippen LogP contribution in [0.25, 0.3) is 5.69 Å². The van der Waals surface area contributed by atoms with Crippen LogP contribution in [-0.4, -0.2) is 21.0 Å². The summed E-state index contributed by atoms with van der Waals surface area (Å²) in [6, 6.07) is 5.95. The van der Waals surface area contributed by atoms with Crippen LogP contribution in [0.1, 0.15) is 5.82 Å². The van der Waals surface area contributed by atoms with Crippen LogP contribution in [0, 0.1) is 5.82 Å². The highest BCUT2D eigenvalue weighted by Crippen LogP contribution is 2.10. The summed E-state index contributed by atoms with van der Waals surface area (Å²) in [5, 5.41) is 11.3. The third-order valence-corrected chi connectivity index (χ3v) is 1.95. The molecule has 15 heavy (non-hydrogen) atoms. The molecule has 1 aromatic carbocycles. The van der Waals surface area contributed by atoms with Crippen LogP contribution in [0.2, 0.25) is 0 Å². The van der Waals surface area contributed by atoms with E-state index in [0.717, 1.165) is 5.69 Å². The molecular weight excluding hydrogens is 197 g/mol. The molecular formula is C10H8FN3O. The number of hydrogen-bond acceptors (Lipinski definition) is 3. The van der Waals surface area contributed by atoms with Crippen molar-refractivity contribution in [3.63, 3.8) is 0 Å². The van der Waals surface area contributed by atoms with Gasteiger partial charge in [-0.25, -0.2) is 9.37 Å². The molecule has 2 aromatic rings. The first-order valence-corrected chi connectivity index (χ1v) is 4.28. The second kappa shape index (κ2) is 3.91. The second-order valence-electron chi connectivity index (χ2n) is 2.88. The van der Waals surface area contributed by atoms with E-state index in [1.807, 2.05) is 0 Å². The minimum atomic E-state index is -0.295. The molecule has 0 saturated heterocycles. The molecule has 0 atom stereocenters. The van der Waals surface area contributed by atoms with Crippen molar-refractivity contribution >= 4 is 6.21 Å². The normalized spacial score (nSPS) is 11.0. The van der Waals surface area contributed by atoms with Crippen LogP contribution < -0.4 is 0 Å². The van der Waals surface area contributed by atoms with Gasteiger partial charge >= 0.3 is 0 Å². The molecule has 1 heterocycles. The Hall–Kier alpha value is -2.17. The molecule has 0 aliphatic carbocycles. The lowest BCUT2D eigenvalue weighted by molar-refractivity contribution is 0.321. The number of aromatic nitrogens is 2. The number of rotatable bonds is 2. The smallest absolute Gasteiger partial charge is 0.159 e. The lowest BCUT2D eigenvalue weighted by Crippen LogP contribution is -1.99. The quantitative estimate of drug-likeness (QED) is 0.462. The molecule has 0 fully saturated rings. The van der Waals surface area contributed by atoms with Gasteiger partial charge in [0.25, 0.3) is 0 Å². The van der Waals surface area contributed by atoms with Gasteiger partial charge in [0.2, 0.25) is 0 Å². The summed E-state index contributed by atoms with van der Waals surface area (Å²) in [6.07, 6.45) is 4.48. The van der Waals surface area contributed by atoms with Crippen molar-refractivity contribution in [3.05, 3.63) is 48.3 Å². The summed E-state index contributed by atoms with van der Waals surface area (Å²) in [6.45, 7) is 0. The average molecular weight is 205 g/mol. The molecule has 4 nitrogen and oxygen atoms in total. The average Bonchev–Trinajstić information content (AvgIpc) is 2.68. The number of halogens is 1. The van der Waals surface area contributed by atoms with Gasteiger partial charge in [0.15, 0.2) is 5.82 Å². The lowest BCUT2D eigenvalue weighted by atomic mass is 10.3. The van der Waals surface area contributed by atoms with E-state index in [0.29, 0.717) is 5.82 Å². The molecule has 76 valence electrons. The van der Waals surface area contributed by atoms with Gasteiger partial charge in [0.1, 0.15) is 12.0 Å². The van der Waals surface area contributed by atoms with Crippen molar-refractivity contribution < 1.29 is 9.60 Å². The Morgan fingerprint density at radius 2 is 2.07 bits per heavy atom. The molecule has 0 aliphatic heterocycles. The van der Waals surface area contributed by atoms with Gasteiger partial charge in [-0.1, -0.05) is 5.16 Å². The van der Waals surface area contributed by atoms with Crippen molar-refractivity contribution in [2.45, 2.75) is 0 Å². The van der Waals surface area contributed by atoms with Crippen LogP contribution in [-0.2, 0) is 0 Å². The summed E-state index contributed by atoms with van der Waals surface area (Å²) in [4.78, 5) is 3.96. The molecule has 0 bridgehead atoms. The fraction of sp³-hybridized carbons (Fsp3) is 0. The zero-order valence-corrected chi connectivity index (χ0v) is 7.71. The van der Waals surface area contributed by atoms with Crippen LogP contribution in [0.3, 0.4) is 0 Å². The van der Waals surface area contributed by atoms with Crippen molar-refractivity contribution in [1.29, 1.82) is 0 Å². The number of hydrogen-bond donors (Lipinski definition) is 1. The van der Waals surface area contributed by atoms with Gasteiger partial charge < -0.3 is 5.21 Å². The highest BCUT2D eigenvalue weighted by molar-refractivity contribution is 5.75. The van der Waals surface area contributed by atoms with Crippen molar-refractivity contribution in [2.75, 3.05) is 0 Å². The molecule has 0 amide bonds. The predicted octanol–water partition coefficient (Wildman–Crippen LogP) is 1.82. The Bertz CT molecular complexity index is 476. The maximum Gasteiger partial charge on any atom is 0.159 e. The topological polar surface area (TPSA) is 50.4 Å². The van der Waals surface area contributed by atoms with Crippen LogP contribution in [0.15, 0.2) is 41.8 Å². The molecule has 5 heteroatoms. The van der Waals surface area contributed by atoms with E-state index < -0.39 is 0 Å². The summed E-state index contributed by atoms with van der Waals surface area (Å²) in [5.74, 6) is 0.181. The fourth-order valence-electron chi connectivity index (χ4n) is 1.28. The molecule has 0 radical (unpaired) electrons. The Balaban J connectivity index is 2.44. The molecule has 0 spiro atoms. The van der Waals surface area contributed by atoms with Crippen LogP contribution in [0.5, 0.6) is 0 Å². The van der Waals surface area contributed by atoms with Gasteiger partial charge in [-0.2, -0.15) is 0 Å². The first-order valence-electron chi connectivity index (χ1n) is 4.28. The molecule has 1 aromatic heterocycles. The maximum absolute atomic E-state index is 12.7. The van der Waals surface area contributed by atoms with E-state index in [9.17, 15) is 4.39 Å². The highest BCUT2D eigenvalue weighted by Gasteiger charge is 2.02. The first-order chi connectivity index (χ1) is 7.31. The summed E-state index contributed by atoms with van der Waals surface area (Å²) in [7, 11) is 0. The molecule has 0 unspecified atom stereocenters. The minimum absolute atomic E-state index is 0.295. The third-order valence-electron chi connectivity index (χ3n) is 1.95. The van der Waals surface area contributed by atoms with Crippen molar-refractivity contribution in [2.24, 2.45) is 5.16 Å². The largest absolute Gasteiger partial charge is 0.411 e. The number of imidazole rings is 1. The zero-order valence-electron chi connectivity index (χ0n) is 7.71. The van der Waals surface area contributed by atoms with E-state index in [2.05, 4.69) is 10.1 Å². The Kier molecular flexibility index (Phi) is 2.45. The van der Waals surface area contributed by atoms with Crippen LogP contribution >= 0.6 is 0 Å². The van der Waals surface area contributed by atoms with E-state index in [4.69, 9.17) is 5.21 Å². The number of benzene rings is 1. The lowest BCUT2D eigenvalue weighted by Gasteiger charge is -2.03. The number of oxime groups is 1. The maximum atomic E-state index is 12.7. The summed E-state index contributed by atoms with van der Waals surface area (Å²) < 4.78 is 14.4. The van der Waals surface area contributed by atoms with Crippen molar-refractivity contribution in [3.8, 4) is 5.69 Å².